The summed E-state index contributed by atoms with van der Waals surface area (Å²) in [5, 5.41) is 32.0. The molecule has 0 bridgehead atoms. The molecule has 1 saturated carbocycles. The quantitative estimate of drug-likeness (QED) is 0.0311. The Kier molecular flexibility index (Phi) is 26.6. The average Bonchev–Trinajstić information content (AvgIpc) is 0.945. The van der Waals surface area contributed by atoms with Crippen molar-refractivity contribution in [3.05, 3.63) is 283 Å². The van der Waals surface area contributed by atoms with E-state index in [0.717, 1.165) is 36.4 Å². The summed E-state index contributed by atoms with van der Waals surface area (Å²) in [6.07, 6.45) is 13.5. The highest BCUT2D eigenvalue weighted by molar-refractivity contribution is 5.95. The molecule has 3 aliphatic heterocycles. The van der Waals surface area contributed by atoms with E-state index in [1.165, 1.54) is 68.3 Å². The highest BCUT2D eigenvalue weighted by Crippen LogP contribution is 2.48. The molecule has 16 rings (SSSR count). The zero-order chi connectivity index (χ0) is 95.1. The van der Waals surface area contributed by atoms with Crippen LogP contribution in [-0.2, 0) is 14.4 Å². The Morgan fingerprint density at radius 2 is 0.879 bits per heavy atom. The zero-order valence-electron chi connectivity index (χ0n) is 74.2. The fourth-order valence-electron chi connectivity index (χ4n) is 17.6. The van der Waals surface area contributed by atoms with Crippen molar-refractivity contribution in [2.45, 2.75) is 136 Å². The highest BCUT2D eigenvalue weighted by atomic mass is 19.1. The number of rotatable bonds is 18. The SMILES string of the molecule is C=CC(=O)N1CCN(c2nc(=O)n(-c3c(C)ccnc3C(C)C)c3nc(-c4c(O)cccc4F)c(F)cc23)C(/C=C/C)C1.[C-]#[N+]C1(C2CN(c3nc(=O)n(-c4c(C)ccnc4C(C)C)c4nc(-c5c(O)cccc5F)c(F)cc34)CCN2C(=O)C=C)CC1.[C-]#[N+]CC1[C@H](C)N(c2nc(=O)n(-c3c(C)ccnc3C(C)C)c3nc(-c4c(O)cccc4F)c(F)cc23)CCN1C(=O)C=C. The molecule has 4 fully saturated rings. The molecule has 3 saturated heterocycles. The Balaban J connectivity index is 0.000000159. The van der Waals surface area contributed by atoms with Crippen molar-refractivity contribution in [1.29, 1.82) is 0 Å². The molecule has 3 amide bonds. The number of fused-ring (bicyclic) bond motifs is 3. The molecule has 3 aromatic carbocycles. The van der Waals surface area contributed by atoms with Crippen molar-refractivity contribution in [2.24, 2.45) is 0 Å². The molecule has 4 aliphatic rings. The van der Waals surface area contributed by atoms with E-state index in [1.807, 2.05) is 79.4 Å². The average molecular weight is 1800 g/mol. The Morgan fingerprint density at radius 3 is 1.25 bits per heavy atom. The first kappa shape index (κ1) is 92.9. The van der Waals surface area contributed by atoms with Crippen molar-refractivity contribution in [1.82, 2.24) is 73.3 Å². The van der Waals surface area contributed by atoms with Crippen LogP contribution in [0.4, 0.5) is 43.8 Å². The minimum absolute atomic E-state index is 0.00508. The summed E-state index contributed by atoms with van der Waals surface area (Å²) in [6, 6.07) is 17.5. The highest BCUT2D eigenvalue weighted by Gasteiger charge is 2.61. The number of aromatic hydroxyl groups is 3. The smallest absolute Gasteiger partial charge is 0.355 e. The van der Waals surface area contributed by atoms with E-state index < -0.39 is 133 Å². The topological polar surface area (TPSA) is 322 Å². The summed E-state index contributed by atoms with van der Waals surface area (Å²) >= 11 is 0. The third-order valence-corrected chi connectivity index (χ3v) is 24.2. The Bertz CT molecular complexity index is 6960. The normalized spacial score (nSPS) is 16.6. The molecule has 3 N–H and O–H groups in total. The summed E-state index contributed by atoms with van der Waals surface area (Å²) in [6.45, 7) is 48.7. The number of anilines is 3. The van der Waals surface area contributed by atoms with E-state index in [2.05, 4.69) is 74.3 Å². The monoisotopic (exact) mass is 1800 g/mol. The van der Waals surface area contributed by atoms with E-state index in [-0.39, 0.29) is 132 Å². The van der Waals surface area contributed by atoms with Crippen molar-refractivity contribution in [3.8, 4) is 68.1 Å². The molecule has 35 heteroatoms. The number of nitrogens with zero attached hydrogens (tertiary/aromatic N) is 20. The van der Waals surface area contributed by atoms with Gasteiger partial charge in [0.15, 0.2) is 34.4 Å². The molecule has 12 aromatic rings. The number of pyridine rings is 6. The molecule has 0 spiro atoms. The first-order chi connectivity index (χ1) is 63.1. The van der Waals surface area contributed by atoms with Crippen LogP contribution in [0, 0.1) is 68.8 Å². The molecular formula is C97H94F6N20O9. The number of carbonyl (C=O) groups excluding carboxylic acids is 3. The van der Waals surface area contributed by atoms with E-state index in [4.69, 9.17) is 13.1 Å². The van der Waals surface area contributed by atoms with Gasteiger partial charge in [-0.15, -0.1) is 0 Å². The van der Waals surface area contributed by atoms with Gasteiger partial charge in [0.1, 0.15) is 81.3 Å². The minimum atomic E-state index is -0.941. The molecule has 132 heavy (non-hydrogen) atoms. The van der Waals surface area contributed by atoms with Gasteiger partial charge in [-0.2, -0.15) is 15.0 Å². The Hall–Kier alpha value is -15.3. The van der Waals surface area contributed by atoms with Gasteiger partial charge in [0.2, 0.25) is 24.3 Å². The van der Waals surface area contributed by atoms with Gasteiger partial charge in [0.25, 0.3) is 5.54 Å². The lowest BCUT2D eigenvalue weighted by Crippen LogP contribution is -2.61. The van der Waals surface area contributed by atoms with Crippen LogP contribution in [-0.4, -0.2) is 195 Å². The molecule has 9 aromatic heterocycles. The predicted octanol–water partition coefficient (Wildman–Crippen LogP) is 14.7. The lowest BCUT2D eigenvalue weighted by molar-refractivity contribution is -0.129. The van der Waals surface area contributed by atoms with E-state index in [0.29, 0.717) is 76.8 Å². The summed E-state index contributed by atoms with van der Waals surface area (Å²) < 4.78 is 96.6. The van der Waals surface area contributed by atoms with Crippen molar-refractivity contribution < 1.29 is 56.0 Å². The van der Waals surface area contributed by atoms with Gasteiger partial charge in [0, 0.05) is 83.8 Å². The maximum absolute atomic E-state index is 16.0. The molecule has 3 unspecified atom stereocenters. The number of allylic oxidation sites excluding steroid dienone is 1. The van der Waals surface area contributed by atoms with E-state index in [9.17, 15) is 52.9 Å². The Labute approximate surface area is 754 Å². The van der Waals surface area contributed by atoms with Gasteiger partial charge < -0.3 is 54.4 Å². The summed E-state index contributed by atoms with van der Waals surface area (Å²) in [5.41, 5.74) is -0.478. The molecule has 12 heterocycles. The number of aryl methyl sites for hydroxylation is 3. The van der Waals surface area contributed by atoms with Gasteiger partial charge in [-0.25, -0.2) is 82.5 Å². The second-order valence-electron chi connectivity index (χ2n) is 33.4. The van der Waals surface area contributed by atoms with E-state index in [1.54, 1.807) is 75.1 Å². The fourth-order valence-corrected chi connectivity index (χ4v) is 17.6. The number of piperazine rings is 3. The maximum atomic E-state index is 16.0. The van der Waals surface area contributed by atoms with E-state index >= 15 is 17.6 Å². The zero-order valence-corrected chi connectivity index (χ0v) is 74.2. The lowest BCUT2D eigenvalue weighted by atomic mass is 10.0. The number of carbonyl (C=O) groups is 3. The van der Waals surface area contributed by atoms with Crippen molar-refractivity contribution in [3.63, 3.8) is 0 Å². The number of aromatic nitrogens is 12. The van der Waals surface area contributed by atoms with Crippen LogP contribution in [0.25, 0.3) is 93.6 Å². The number of phenols is 3. The van der Waals surface area contributed by atoms with Gasteiger partial charge in [-0.05, 0) is 160 Å². The third-order valence-electron chi connectivity index (χ3n) is 24.2. The van der Waals surface area contributed by atoms with Crippen LogP contribution in [0.3, 0.4) is 0 Å². The molecule has 29 nitrogen and oxygen atoms in total. The van der Waals surface area contributed by atoms with Crippen molar-refractivity contribution >= 4 is 68.3 Å². The van der Waals surface area contributed by atoms with Crippen LogP contribution in [0.5, 0.6) is 17.2 Å². The van der Waals surface area contributed by atoms with Gasteiger partial charge >= 0.3 is 17.1 Å². The lowest BCUT2D eigenvalue weighted by Gasteiger charge is -2.44. The predicted molar refractivity (Wildman–Crippen MR) is 489 cm³/mol. The number of phenolic OH excluding ortho intramolecular Hbond substituents is 3. The summed E-state index contributed by atoms with van der Waals surface area (Å²) in [7, 11) is 0. The van der Waals surface area contributed by atoms with Crippen LogP contribution in [0.1, 0.15) is 120 Å². The molecular weight excluding hydrogens is 1700 g/mol. The van der Waals surface area contributed by atoms with Crippen LogP contribution in [0.15, 0.2) is 174 Å². The second-order valence-corrected chi connectivity index (χ2v) is 33.4. The van der Waals surface area contributed by atoms with Crippen LogP contribution >= 0.6 is 0 Å². The van der Waals surface area contributed by atoms with Crippen LogP contribution in [0.2, 0.25) is 0 Å². The molecule has 4 atom stereocenters. The number of hydrogen-bond acceptors (Lipinski definition) is 21. The number of hydrogen-bond donors (Lipinski definition) is 3. The summed E-state index contributed by atoms with van der Waals surface area (Å²) in [4.78, 5) is 138. The van der Waals surface area contributed by atoms with Gasteiger partial charge in [-0.3, -0.25) is 29.3 Å². The number of benzene rings is 3. The standard InChI is InChI=1S/C33H31F2N7O3.C32H31F2N7O3.C32H32F2N6O3/c1-6-25(44)41-15-14-40(17-24(41)33(36-5)11-12-33)30-20-16-22(35)28(26-21(34)8-7-9-23(26)43)38-31(20)42(32(45)39-30)29-19(4)10-13-37-27(29)18(2)3;1-7-25(43)40-14-13-39(19(5)23(40)16-35-6)30-20-15-22(34)28(26-21(33)9-8-10-24(26)42)37-31(20)41(32(44)38-30)29-18(4)11-12-36-27(29)17(2)3;1-6-9-20-17-38(25(42)7-2)14-15-39(20)30-21-16-23(34)28(26-22(33)10-8-11-24(26)41)36-31(21)40(32(43)37-30)29-19(5)12-13-35-27(29)18(3)4/h6-10,13,16,18,24,43H,1,11-12,14-15,17H2,2-4H3;7-12,15,17,19,23,42H,1,13-14,16H2,2-5H3;6-13,16,18,20,41H,2,14-15,17H2,1,3-5H3/b;;9-6+/t;19-,23?;/m.0./s1. The van der Waals surface area contributed by atoms with Gasteiger partial charge in [0.05, 0.1) is 79.1 Å². The minimum Gasteiger partial charge on any atom is -0.507 e. The Morgan fingerprint density at radius 1 is 0.500 bits per heavy atom. The second kappa shape index (κ2) is 37.8. The largest absolute Gasteiger partial charge is 0.507 e. The molecule has 678 valence electrons. The maximum Gasteiger partial charge on any atom is 0.355 e. The number of halogens is 6. The van der Waals surface area contributed by atoms with Gasteiger partial charge in [-0.1, -0.05) is 91.6 Å². The number of amides is 3. The third kappa shape index (κ3) is 17.2. The fraction of sp³-hybridized carbons (Fsp3) is 0.309. The first-order valence-electron chi connectivity index (χ1n) is 42.7. The van der Waals surface area contributed by atoms with Crippen LogP contribution < -0.4 is 31.8 Å². The summed E-state index contributed by atoms with van der Waals surface area (Å²) in [5.74, 6) is -7.70. The molecule has 1 aliphatic carbocycles. The van der Waals surface area contributed by atoms with Crippen molar-refractivity contribution in [2.75, 3.05) is 73.6 Å². The molecule has 0 radical (unpaired) electrons. The first-order valence-corrected chi connectivity index (χ1v) is 42.7.